The molecule has 0 amide bonds. The van der Waals surface area contributed by atoms with Gasteiger partial charge in [0, 0.05) is 18.8 Å². The van der Waals surface area contributed by atoms with Crippen molar-refractivity contribution < 1.29 is 13.9 Å². The van der Waals surface area contributed by atoms with Crippen LogP contribution < -0.4 is 10.2 Å². The van der Waals surface area contributed by atoms with Crippen LogP contribution in [0.15, 0.2) is 24.3 Å². The summed E-state index contributed by atoms with van der Waals surface area (Å²) in [5.74, 6) is 0. The summed E-state index contributed by atoms with van der Waals surface area (Å²) in [5, 5.41) is 11.9. The lowest BCUT2D eigenvalue weighted by Gasteiger charge is -2.26. The lowest BCUT2D eigenvalue weighted by Crippen LogP contribution is -2.32. The zero-order valence-corrected chi connectivity index (χ0v) is 9.87. The molecule has 0 saturated heterocycles. The fourth-order valence-electron chi connectivity index (χ4n) is 1.76. The zero-order chi connectivity index (χ0) is 12.7. The molecule has 0 spiro atoms. The van der Waals surface area contributed by atoms with Crippen molar-refractivity contribution in [2.24, 2.45) is 0 Å². The summed E-state index contributed by atoms with van der Waals surface area (Å²) in [6, 6.07) is 7.37. The number of aliphatic hydroxyl groups is 1. The van der Waals surface area contributed by atoms with Crippen LogP contribution >= 0.6 is 0 Å². The van der Waals surface area contributed by atoms with E-state index in [1.54, 1.807) is 13.1 Å². The van der Waals surface area contributed by atoms with Crippen LogP contribution in [0.1, 0.15) is 5.56 Å². The number of halogens is 2. The third-order valence-corrected chi connectivity index (χ3v) is 2.43. The van der Waals surface area contributed by atoms with Gasteiger partial charge in [0.2, 0.25) is 0 Å². The van der Waals surface area contributed by atoms with Gasteiger partial charge in [-0.15, -0.1) is 0 Å². The number of hydrogen-bond donors (Lipinski definition) is 2. The number of rotatable bonds is 7. The molecular weight excluding hydrogens is 226 g/mol. The predicted molar refractivity (Wildman–Crippen MR) is 64.5 cm³/mol. The number of alkyl halides is 2. The zero-order valence-electron chi connectivity index (χ0n) is 9.87. The second-order valence-corrected chi connectivity index (χ2v) is 3.72. The first kappa shape index (κ1) is 13.9. The van der Waals surface area contributed by atoms with Crippen molar-refractivity contribution in [1.82, 2.24) is 5.32 Å². The monoisotopic (exact) mass is 244 g/mol. The number of nitrogens with one attached hydrogen (secondary N) is 1. The van der Waals surface area contributed by atoms with Crippen LogP contribution in [0.2, 0.25) is 0 Å². The molecule has 0 aromatic heterocycles. The number of nitrogens with zero attached hydrogens (tertiary/aromatic N) is 1. The van der Waals surface area contributed by atoms with E-state index in [2.05, 4.69) is 5.32 Å². The summed E-state index contributed by atoms with van der Waals surface area (Å²) >= 11 is 0. The van der Waals surface area contributed by atoms with Crippen LogP contribution in [0, 0.1) is 0 Å². The number of hydrogen-bond acceptors (Lipinski definition) is 3. The molecule has 0 saturated carbocycles. The first-order chi connectivity index (χ1) is 8.19. The molecule has 96 valence electrons. The van der Waals surface area contributed by atoms with E-state index < -0.39 is 6.43 Å². The van der Waals surface area contributed by atoms with E-state index in [-0.39, 0.29) is 19.7 Å². The van der Waals surface area contributed by atoms with Gasteiger partial charge in [0.05, 0.1) is 13.2 Å². The molecule has 0 atom stereocenters. The highest BCUT2D eigenvalue weighted by atomic mass is 19.3. The number of para-hydroxylation sites is 1. The molecule has 5 heteroatoms. The topological polar surface area (TPSA) is 35.5 Å². The Labute approximate surface area is 100 Å². The second kappa shape index (κ2) is 7.19. The third kappa shape index (κ3) is 4.28. The molecule has 0 aliphatic heterocycles. The van der Waals surface area contributed by atoms with E-state index in [9.17, 15) is 8.78 Å². The molecular formula is C12H18F2N2O. The maximum atomic E-state index is 12.5. The van der Waals surface area contributed by atoms with Crippen molar-refractivity contribution in [1.29, 1.82) is 0 Å². The van der Waals surface area contributed by atoms with Gasteiger partial charge in [0.1, 0.15) is 0 Å². The molecule has 0 radical (unpaired) electrons. The van der Waals surface area contributed by atoms with Crippen LogP contribution in [0.4, 0.5) is 14.5 Å². The van der Waals surface area contributed by atoms with Gasteiger partial charge < -0.3 is 15.3 Å². The first-order valence-corrected chi connectivity index (χ1v) is 5.55. The summed E-state index contributed by atoms with van der Waals surface area (Å²) in [6.07, 6.45) is -2.41. The van der Waals surface area contributed by atoms with Gasteiger partial charge in [0.25, 0.3) is 6.43 Å². The molecule has 0 heterocycles. The lowest BCUT2D eigenvalue weighted by atomic mass is 10.1. The van der Waals surface area contributed by atoms with Crippen molar-refractivity contribution in [3.63, 3.8) is 0 Å². The van der Waals surface area contributed by atoms with Gasteiger partial charge in [-0.05, 0) is 18.7 Å². The molecule has 1 rings (SSSR count). The number of aliphatic hydroxyl groups excluding tert-OH is 1. The summed E-state index contributed by atoms with van der Waals surface area (Å²) in [7, 11) is 1.81. The summed E-state index contributed by atoms with van der Waals surface area (Å²) in [5.41, 5.74) is 1.69. The van der Waals surface area contributed by atoms with Gasteiger partial charge in [0.15, 0.2) is 0 Å². The van der Waals surface area contributed by atoms with Crippen molar-refractivity contribution in [2.75, 3.05) is 31.6 Å². The van der Waals surface area contributed by atoms with Gasteiger partial charge in [-0.1, -0.05) is 18.2 Å². The Balaban J connectivity index is 2.91. The third-order valence-electron chi connectivity index (χ3n) is 2.43. The quantitative estimate of drug-likeness (QED) is 0.762. The normalized spacial score (nSPS) is 10.9. The molecule has 0 aliphatic rings. The summed E-state index contributed by atoms with van der Waals surface area (Å²) in [6.45, 7) is 0.328. The smallest absolute Gasteiger partial charge is 0.255 e. The summed E-state index contributed by atoms with van der Waals surface area (Å²) < 4.78 is 24.9. The molecule has 1 aromatic rings. The van der Waals surface area contributed by atoms with E-state index in [1.807, 2.05) is 18.2 Å². The highest BCUT2D eigenvalue weighted by molar-refractivity contribution is 5.53. The molecule has 3 nitrogen and oxygen atoms in total. The van der Waals surface area contributed by atoms with Crippen molar-refractivity contribution in [3.05, 3.63) is 29.8 Å². The number of benzene rings is 1. The Morgan fingerprint density at radius 2 is 2.06 bits per heavy atom. The maximum Gasteiger partial charge on any atom is 0.255 e. The Morgan fingerprint density at radius 3 is 2.65 bits per heavy atom. The van der Waals surface area contributed by atoms with Crippen LogP contribution in [-0.4, -0.2) is 38.3 Å². The molecule has 0 unspecified atom stereocenters. The second-order valence-electron chi connectivity index (χ2n) is 3.72. The van der Waals surface area contributed by atoms with Crippen molar-refractivity contribution in [3.8, 4) is 0 Å². The van der Waals surface area contributed by atoms with E-state index >= 15 is 0 Å². The average molecular weight is 244 g/mol. The Hall–Kier alpha value is -1.20. The van der Waals surface area contributed by atoms with Gasteiger partial charge >= 0.3 is 0 Å². The Bertz CT molecular complexity index is 334. The summed E-state index contributed by atoms with van der Waals surface area (Å²) in [4.78, 5) is 1.51. The Kier molecular flexibility index (Phi) is 5.86. The van der Waals surface area contributed by atoms with Crippen molar-refractivity contribution >= 4 is 5.69 Å². The highest BCUT2D eigenvalue weighted by Gasteiger charge is 2.14. The number of anilines is 1. The highest BCUT2D eigenvalue weighted by Crippen LogP contribution is 2.21. The molecule has 2 N–H and O–H groups in total. The maximum absolute atomic E-state index is 12.5. The van der Waals surface area contributed by atoms with Crippen LogP contribution in [0.25, 0.3) is 0 Å². The van der Waals surface area contributed by atoms with E-state index in [4.69, 9.17) is 5.11 Å². The van der Waals surface area contributed by atoms with Crippen LogP contribution in [-0.2, 0) is 6.54 Å². The van der Waals surface area contributed by atoms with Crippen LogP contribution in [0.3, 0.4) is 0 Å². The minimum absolute atomic E-state index is 0.138. The van der Waals surface area contributed by atoms with Crippen molar-refractivity contribution in [2.45, 2.75) is 13.0 Å². The van der Waals surface area contributed by atoms with Crippen LogP contribution in [0.5, 0.6) is 0 Å². The minimum Gasteiger partial charge on any atom is -0.395 e. The van der Waals surface area contributed by atoms with E-state index in [0.29, 0.717) is 6.54 Å². The average Bonchev–Trinajstić information content (AvgIpc) is 2.29. The molecule has 17 heavy (non-hydrogen) atoms. The van der Waals surface area contributed by atoms with Gasteiger partial charge in [-0.25, -0.2) is 8.78 Å². The fourth-order valence-corrected chi connectivity index (χ4v) is 1.76. The molecule has 0 aliphatic carbocycles. The van der Waals surface area contributed by atoms with E-state index in [1.165, 1.54) is 4.90 Å². The fraction of sp³-hybridized carbons (Fsp3) is 0.500. The Morgan fingerprint density at radius 1 is 1.35 bits per heavy atom. The van der Waals surface area contributed by atoms with E-state index in [0.717, 1.165) is 11.3 Å². The van der Waals surface area contributed by atoms with Gasteiger partial charge in [-0.2, -0.15) is 0 Å². The largest absolute Gasteiger partial charge is 0.395 e. The molecule has 0 fully saturated rings. The molecule has 1 aromatic carbocycles. The first-order valence-electron chi connectivity index (χ1n) is 5.55. The molecule has 0 bridgehead atoms. The predicted octanol–water partition coefficient (Wildman–Crippen LogP) is 1.47. The SMILES string of the molecule is CNCc1ccccc1N(CCO)CC(F)F. The lowest BCUT2D eigenvalue weighted by molar-refractivity contribution is 0.152. The minimum atomic E-state index is -2.41. The van der Waals surface area contributed by atoms with Gasteiger partial charge in [-0.3, -0.25) is 0 Å². The standard InChI is InChI=1S/C12H18F2N2O/c1-15-8-10-4-2-3-5-11(10)16(6-7-17)9-12(13)14/h2-5,12,15,17H,6-9H2,1H3.